The van der Waals surface area contributed by atoms with E-state index in [0.717, 1.165) is 38.2 Å². The topological polar surface area (TPSA) is 149 Å². The summed E-state index contributed by atoms with van der Waals surface area (Å²) in [6.45, 7) is 12.6. The van der Waals surface area contributed by atoms with Gasteiger partial charge in [0, 0.05) is 73.0 Å². The molecule has 0 spiro atoms. The van der Waals surface area contributed by atoms with Crippen LogP contribution in [0.5, 0.6) is 5.75 Å². The van der Waals surface area contributed by atoms with Crippen LogP contribution in [-0.2, 0) is 32.1 Å². The number of carbonyl (C=O) groups excluding carboxylic acids is 3. The zero-order chi connectivity index (χ0) is 48.2. The molecule has 2 aromatic heterocycles. The van der Waals surface area contributed by atoms with Gasteiger partial charge in [-0.05, 0) is 81.5 Å². The maximum Gasteiger partial charge on any atom is 0.246 e. The molecule has 0 saturated carbocycles. The van der Waals surface area contributed by atoms with Crippen LogP contribution in [0.25, 0.3) is 21.3 Å². The van der Waals surface area contributed by atoms with Crippen LogP contribution >= 0.6 is 11.3 Å². The van der Waals surface area contributed by atoms with Gasteiger partial charge in [-0.3, -0.25) is 19.3 Å². The molecule has 5 atom stereocenters. The number of aliphatic hydroxyl groups is 1. The van der Waals surface area contributed by atoms with E-state index >= 15 is 13.2 Å². The number of alkyl halides is 1. The number of unbranched alkanes of at least 4 members (excludes halogenated alkanes) is 2. The number of β-amino-alcohol motifs (C(OH)–C–C–N with tert-alkyl or cyclic N) is 1. The van der Waals surface area contributed by atoms with Crippen molar-refractivity contribution in [2.45, 2.75) is 123 Å². The molecule has 360 valence electrons. The number of halogens is 3. The molecule has 16 heteroatoms. The Balaban J connectivity index is 0.865. The van der Waals surface area contributed by atoms with E-state index in [0.29, 0.717) is 31.4 Å². The summed E-state index contributed by atoms with van der Waals surface area (Å²) in [6.07, 6.45) is 1.56. The second-order valence-corrected chi connectivity index (χ2v) is 20.5. The van der Waals surface area contributed by atoms with Crippen LogP contribution in [0.2, 0.25) is 0 Å². The fourth-order valence-electron chi connectivity index (χ4n) is 9.23. The van der Waals surface area contributed by atoms with Gasteiger partial charge in [-0.25, -0.2) is 18.2 Å². The van der Waals surface area contributed by atoms with Crippen molar-refractivity contribution >= 4 is 40.0 Å². The third-order valence-electron chi connectivity index (χ3n) is 12.5. The van der Waals surface area contributed by atoms with Crippen LogP contribution in [0.3, 0.4) is 0 Å². The van der Waals surface area contributed by atoms with Gasteiger partial charge in [0.05, 0.1) is 34.8 Å². The molecule has 4 N–H and O–H groups in total. The third kappa shape index (κ3) is 11.9. The van der Waals surface area contributed by atoms with E-state index < -0.39 is 64.7 Å². The second kappa shape index (κ2) is 20.9. The van der Waals surface area contributed by atoms with Crippen LogP contribution in [0, 0.1) is 24.0 Å². The minimum absolute atomic E-state index is 0.0182. The Morgan fingerprint density at radius 2 is 1.70 bits per heavy atom. The maximum atomic E-state index is 16.1. The van der Waals surface area contributed by atoms with Gasteiger partial charge in [-0.2, -0.15) is 0 Å². The van der Waals surface area contributed by atoms with Crippen LogP contribution in [-0.4, -0.2) is 105 Å². The summed E-state index contributed by atoms with van der Waals surface area (Å²) in [5, 5.41) is 17.3. The molecule has 1 fully saturated rings. The molecule has 3 amide bonds. The lowest BCUT2D eigenvalue weighted by atomic mass is 9.85. The molecular weight excluding hydrogens is 882 g/mol. The highest BCUT2D eigenvalue weighted by molar-refractivity contribution is 7.13. The number of aromatic nitrogens is 2. The SMILES string of the molecule is Cc1ncsc1-c1ccc(CNC(=O)[C@@H]2C[C@@H](O)CN2C(=O)C(NC(=O)COCCCCCOc2cc(F)c([C@@H]3c4[nH]c5ccccc5c4C[C@@H](C)N3CC(C)(C)F)c(F)c2)C(C)(C)C)cc1. The Morgan fingerprint density at radius 3 is 2.37 bits per heavy atom. The predicted octanol–water partition coefficient (Wildman–Crippen LogP) is 8.34. The second-order valence-electron chi connectivity index (χ2n) is 19.6. The van der Waals surface area contributed by atoms with Crippen molar-refractivity contribution in [1.82, 2.24) is 30.4 Å². The number of carbonyl (C=O) groups is 3. The summed E-state index contributed by atoms with van der Waals surface area (Å²) in [5.41, 5.74) is 4.67. The Labute approximate surface area is 394 Å². The Kier molecular flexibility index (Phi) is 15.5. The normalized spacial score (nSPS) is 19.4. The van der Waals surface area contributed by atoms with Gasteiger partial charge in [0.25, 0.3) is 0 Å². The molecule has 3 aromatic carbocycles. The Bertz CT molecular complexity index is 2510. The molecule has 2 aliphatic rings. The number of hydrogen-bond acceptors (Lipinski definition) is 9. The van der Waals surface area contributed by atoms with Gasteiger partial charge in [0.15, 0.2) is 0 Å². The largest absolute Gasteiger partial charge is 0.493 e. The molecule has 1 saturated heterocycles. The van der Waals surface area contributed by atoms with Crippen LogP contribution < -0.4 is 15.4 Å². The van der Waals surface area contributed by atoms with E-state index in [4.69, 9.17) is 9.47 Å². The highest BCUT2D eigenvalue weighted by Gasteiger charge is 2.45. The monoisotopic (exact) mass is 944 g/mol. The number of amides is 3. The molecular formula is C51H63F3N6O6S. The van der Waals surface area contributed by atoms with Crippen molar-refractivity contribution in [1.29, 1.82) is 0 Å². The van der Waals surface area contributed by atoms with Crippen LogP contribution in [0.1, 0.15) is 101 Å². The van der Waals surface area contributed by atoms with E-state index in [2.05, 4.69) is 20.6 Å². The Morgan fingerprint density at radius 1 is 1.00 bits per heavy atom. The maximum absolute atomic E-state index is 16.1. The van der Waals surface area contributed by atoms with Crippen molar-refractivity contribution in [3.05, 3.63) is 106 Å². The smallest absolute Gasteiger partial charge is 0.246 e. The lowest BCUT2D eigenvalue weighted by Crippen LogP contribution is -2.58. The summed E-state index contributed by atoms with van der Waals surface area (Å²) >= 11 is 1.56. The number of ether oxygens (including phenoxy) is 2. The number of rotatable bonds is 18. The molecule has 5 aromatic rings. The molecule has 0 radical (unpaired) electrons. The highest BCUT2D eigenvalue weighted by Crippen LogP contribution is 2.44. The van der Waals surface area contributed by atoms with E-state index in [1.807, 2.05) is 88.0 Å². The van der Waals surface area contributed by atoms with E-state index in [1.54, 1.807) is 16.8 Å². The first-order valence-electron chi connectivity index (χ1n) is 23.1. The van der Waals surface area contributed by atoms with Gasteiger partial charge in [-0.15, -0.1) is 11.3 Å². The van der Waals surface area contributed by atoms with Gasteiger partial charge >= 0.3 is 0 Å². The van der Waals surface area contributed by atoms with Gasteiger partial charge in [-0.1, -0.05) is 63.2 Å². The number of thiazole rings is 1. The summed E-state index contributed by atoms with van der Waals surface area (Å²) < 4.78 is 58.7. The minimum Gasteiger partial charge on any atom is -0.493 e. The van der Waals surface area contributed by atoms with Crippen molar-refractivity contribution in [2.75, 3.05) is 32.9 Å². The summed E-state index contributed by atoms with van der Waals surface area (Å²) in [5.74, 6) is -2.86. The number of nitrogens with one attached hydrogen (secondary N) is 3. The summed E-state index contributed by atoms with van der Waals surface area (Å²) in [4.78, 5) is 52.5. The van der Waals surface area contributed by atoms with Crippen molar-refractivity contribution in [3.63, 3.8) is 0 Å². The number of nitrogens with zero attached hydrogens (tertiary/aromatic N) is 3. The fraction of sp³-hybridized carbons (Fsp3) is 0.490. The quantitative estimate of drug-likeness (QED) is 0.0642. The van der Waals surface area contributed by atoms with Crippen LogP contribution in [0.4, 0.5) is 13.2 Å². The van der Waals surface area contributed by atoms with Gasteiger partial charge < -0.3 is 35.1 Å². The molecule has 2 aliphatic heterocycles. The van der Waals surface area contributed by atoms with Crippen molar-refractivity contribution in [3.8, 4) is 16.2 Å². The molecule has 7 rings (SSSR count). The average Bonchev–Trinajstić information content (AvgIpc) is 3.99. The molecule has 0 bridgehead atoms. The first-order chi connectivity index (χ1) is 31.8. The molecule has 0 aliphatic carbocycles. The number of hydrogen-bond donors (Lipinski definition) is 4. The molecule has 4 heterocycles. The van der Waals surface area contributed by atoms with Crippen LogP contribution in [0.15, 0.2) is 66.2 Å². The number of aromatic amines is 1. The van der Waals surface area contributed by atoms with E-state index in [1.165, 1.54) is 30.9 Å². The standard InChI is InChI=1S/C51H63F3N6O6S/c1-30-21-37-36-13-9-10-14-40(36)57-44(37)45(60(30)28-51(6,7)54)43-38(52)23-35(24-39(43)53)66-20-12-8-11-19-65-27-42(62)58-47(50(3,4)5)49(64)59-26-34(61)22-41(59)48(63)55-25-32-15-17-33(18-16-32)46-31(2)56-29-67-46/h9-10,13-18,23-24,29-30,34,41,45,47,57,61H,8,11-12,19-22,25-28H2,1-7H3,(H,55,63)(H,58,62)/t30-,34-,41+,45-,47?/m1/s1. The lowest BCUT2D eigenvalue weighted by Gasteiger charge is -2.43. The number of aliphatic hydroxyl groups excluding tert-OH is 1. The molecule has 12 nitrogen and oxygen atoms in total. The van der Waals surface area contributed by atoms with Gasteiger partial charge in [0.1, 0.15) is 41.7 Å². The summed E-state index contributed by atoms with van der Waals surface area (Å²) in [6, 6.07) is 15.0. The Hall–Kier alpha value is -5.29. The fourth-order valence-corrected chi connectivity index (χ4v) is 10.0. The first kappa shape index (κ1) is 49.6. The number of likely N-dealkylation sites (tertiary alicyclic amines) is 1. The zero-order valence-corrected chi connectivity index (χ0v) is 40.2. The predicted molar refractivity (Wildman–Crippen MR) is 253 cm³/mol. The van der Waals surface area contributed by atoms with Crippen molar-refractivity contribution in [2.24, 2.45) is 5.41 Å². The van der Waals surface area contributed by atoms with E-state index in [9.17, 15) is 19.5 Å². The minimum atomic E-state index is -1.61. The number of para-hydroxylation sites is 1. The number of benzene rings is 3. The van der Waals surface area contributed by atoms with E-state index in [-0.39, 0.29) is 63.2 Å². The molecule has 67 heavy (non-hydrogen) atoms. The lowest BCUT2D eigenvalue weighted by molar-refractivity contribution is -0.144. The number of fused-ring (bicyclic) bond motifs is 3. The first-order valence-corrected chi connectivity index (χ1v) is 24.0. The highest BCUT2D eigenvalue weighted by atomic mass is 32.1. The third-order valence-corrected chi connectivity index (χ3v) is 13.5. The average molecular weight is 945 g/mol. The summed E-state index contributed by atoms with van der Waals surface area (Å²) in [7, 11) is 0. The van der Waals surface area contributed by atoms with Crippen molar-refractivity contribution < 1.29 is 42.1 Å². The molecule has 1 unspecified atom stereocenters. The number of aryl methyl sites for hydroxylation is 1. The van der Waals surface area contributed by atoms with Gasteiger partial charge in [0.2, 0.25) is 17.7 Å². The number of H-pyrrole nitrogens is 1. The zero-order valence-electron chi connectivity index (χ0n) is 39.4.